The van der Waals surface area contributed by atoms with Gasteiger partial charge in [0.1, 0.15) is 0 Å². The van der Waals surface area contributed by atoms with Crippen molar-refractivity contribution in [1.82, 2.24) is 0 Å². The van der Waals surface area contributed by atoms with Gasteiger partial charge < -0.3 is 5.73 Å². The molecule has 10 heavy (non-hydrogen) atoms. The van der Waals surface area contributed by atoms with Gasteiger partial charge in [0.05, 0.1) is 6.54 Å². The zero-order valence-corrected chi connectivity index (χ0v) is 7.61. The highest BCUT2D eigenvalue weighted by molar-refractivity contribution is 9.10. The lowest BCUT2D eigenvalue weighted by molar-refractivity contribution is -0.386. The Kier molecular flexibility index (Phi) is 2.46. The number of rotatable bonds is 1. The van der Waals surface area contributed by atoms with Crippen LogP contribution in [0.25, 0.3) is 0 Å². The van der Waals surface area contributed by atoms with E-state index in [4.69, 9.17) is 0 Å². The molecule has 0 aromatic heterocycles. The average Bonchev–Trinajstić information content (AvgIpc) is 1.88. The monoisotopic (exact) mass is 200 g/mol. The molecule has 0 fully saturated rings. The summed E-state index contributed by atoms with van der Waals surface area (Å²) in [6, 6.07) is 6.26. The van der Waals surface area contributed by atoms with Crippen molar-refractivity contribution in [3.8, 4) is 0 Å². The van der Waals surface area contributed by atoms with Crippen LogP contribution in [-0.2, 0) is 6.54 Å². The van der Waals surface area contributed by atoms with Crippen molar-refractivity contribution in [1.29, 1.82) is 0 Å². The second kappa shape index (κ2) is 3.17. The lowest BCUT2D eigenvalue weighted by Crippen LogP contribution is -2.47. The Morgan fingerprint density at radius 3 is 2.70 bits per heavy atom. The fraction of sp³-hybridized carbons (Fsp3) is 0.250. The third-order valence-corrected chi connectivity index (χ3v) is 2.07. The third-order valence-electron chi connectivity index (χ3n) is 1.57. The second-order valence-electron chi connectivity index (χ2n) is 2.32. The Bertz CT molecular complexity index is 233. The highest BCUT2D eigenvalue weighted by atomic mass is 79.9. The summed E-state index contributed by atoms with van der Waals surface area (Å²) in [7, 11) is 0. The zero-order chi connectivity index (χ0) is 7.56. The predicted octanol–water partition coefficient (Wildman–Crippen LogP) is 1.50. The Morgan fingerprint density at radius 1 is 1.50 bits per heavy atom. The smallest absolute Gasteiger partial charge is 0.0999 e. The van der Waals surface area contributed by atoms with Gasteiger partial charge in [-0.05, 0) is 24.6 Å². The van der Waals surface area contributed by atoms with E-state index in [1.807, 2.05) is 6.07 Å². The van der Waals surface area contributed by atoms with Crippen molar-refractivity contribution in [3.05, 3.63) is 33.8 Å². The molecule has 0 amide bonds. The van der Waals surface area contributed by atoms with E-state index in [-0.39, 0.29) is 0 Å². The van der Waals surface area contributed by atoms with Crippen molar-refractivity contribution in [2.45, 2.75) is 13.5 Å². The largest absolute Gasteiger partial charge is 0.354 e. The molecule has 0 spiro atoms. The summed E-state index contributed by atoms with van der Waals surface area (Å²) < 4.78 is 1.14. The molecule has 0 atom stereocenters. The zero-order valence-electron chi connectivity index (χ0n) is 6.02. The van der Waals surface area contributed by atoms with Gasteiger partial charge in [-0.3, -0.25) is 0 Å². The molecule has 0 aliphatic heterocycles. The van der Waals surface area contributed by atoms with Gasteiger partial charge in [0.25, 0.3) is 0 Å². The van der Waals surface area contributed by atoms with E-state index in [9.17, 15) is 0 Å². The summed E-state index contributed by atoms with van der Waals surface area (Å²) in [5.74, 6) is 0. The molecule has 1 nitrogen and oxygen atoms in total. The molecule has 0 radical (unpaired) electrons. The Morgan fingerprint density at radius 2 is 2.20 bits per heavy atom. The van der Waals surface area contributed by atoms with E-state index >= 15 is 0 Å². The first-order valence-electron chi connectivity index (χ1n) is 3.28. The van der Waals surface area contributed by atoms with E-state index in [1.54, 1.807) is 0 Å². The van der Waals surface area contributed by atoms with Crippen LogP contribution in [0, 0.1) is 6.92 Å². The maximum absolute atomic E-state index is 3.83. The van der Waals surface area contributed by atoms with Crippen LogP contribution in [0.2, 0.25) is 0 Å². The maximum atomic E-state index is 3.83. The lowest BCUT2D eigenvalue weighted by atomic mass is 10.1. The fourth-order valence-corrected chi connectivity index (χ4v) is 1.42. The van der Waals surface area contributed by atoms with Gasteiger partial charge >= 0.3 is 0 Å². The van der Waals surface area contributed by atoms with E-state index in [0.717, 1.165) is 11.0 Å². The van der Waals surface area contributed by atoms with Crippen LogP contribution in [0.15, 0.2) is 22.7 Å². The Labute approximate surface area is 69.4 Å². The molecule has 0 saturated carbocycles. The van der Waals surface area contributed by atoms with Gasteiger partial charge in [-0.1, -0.05) is 22.0 Å². The standard InChI is InChI=1S/C8H10BrN/c1-6-4-8(9)3-2-7(6)5-10/h2-4H,5,10H2,1H3/p+1. The lowest BCUT2D eigenvalue weighted by Gasteiger charge is -1.99. The van der Waals surface area contributed by atoms with E-state index in [2.05, 4.69) is 40.7 Å². The minimum Gasteiger partial charge on any atom is -0.354 e. The molecule has 1 rings (SSSR count). The van der Waals surface area contributed by atoms with Gasteiger partial charge in [-0.25, -0.2) is 0 Å². The topological polar surface area (TPSA) is 27.6 Å². The highest BCUT2D eigenvalue weighted by Crippen LogP contribution is 2.14. The summed E-state index contributed by atoms with van der Waals surface area (Å²) in [5.41, 5.74) is 6.46. The van der Waals surface area contributed by atoms with Crippen LogP contribution < -0.4 is 5.73 Å². The van der Waals surface area contributed by atoms with Crippen LogP contribution in [0.3, 0.4) is 0 Å². The van der Waals surface area contributed by atoms with Crippen LogP contribution >= 0.6 is 15.9 Å². The number of hydrogen-bond acceptors (Lipinski definition) is 0. The van der Waals surface area contributed by atoms with Crippen LogP contribution in [0.1, 0.15) is 11.1 Å². The molecule has 2 heteroatoms. The molecule has 0 heterocycles. The number of aryl methyl sites for hydroxylation is 1. The predicted molar refractivity (Wildman–Crippen MR) is 45.5 cm³/mol. The molecule has 3 N–H and O–H groups in total. The van der Waals surface area contributed by atoms with Crippen LogP contribution in [-0.4, -0.2) is 0 Å². The molecule has 0 bridgehead atoms. The van der Waals surface area contributed by atoms with Gasteiger partial charge in [-0.15, -0.1) is 0 Å². The fourth-order valence-electron chi connectivity index (χ4n) is 0.940. The summed E-state index contributed by atoms with van der Waals surface area (Å²) in [5, 5.41) is 0. The molecule has 1 aromatic rings. The molecule has 0 aliphatic carbocycles. The Balaban J connectivity index is 3.07. The van der Waals surface area contributed by atoms with Crippen molar-refractivity contribution in [3.63, 3.8) is 0 Å². The van der Waals surface area contributed by atoms with Gasteiger partial charge in [-0.2, -0.15) is 0 Å². The first-order chi connectivity index (χ1) is 4.74. The second-order valence-corrected chi connectivity index (χ2v) is 3.24. The maximum Gasteiger partial charge on any atom is 0.0999 e. The van der Waals surface area contributed by atoms with Crippen LogP contribution in [0.5, 0.6) is 0 Å². The van der Waals surface area contributed by atoms with E-state index in [1.165, 1.54) is 11.1 Å². The molecular weight excluding hydrogens is 190 g/mol. The molecule has 0 saturated heterocycles. The normalized spacial score (nSPS) is 9.90. The van der Waals surface area contributed by atoms with E-state index in [0.29, 0.717) is 0 Å². The van der Waals surface area contributed by atoms with Crippen molar-refractivity contribution in [2.75, 3.05) is 0 Å². The molecule has 54 valence electrons. The third kappa shape index (κ3) is 1.58. The number of benzene rings is 1. The van der Waals surface area contributed by atoms with Crippen LogP contribution in [0.4, 0.5) is 0 Å². The molecular formula is C8H11BrN+. The SMILES string of the molecule is Cc1cc(Br)ccc1C[NH3+]. The summed E-state index contributed by atoms with van der Waals surface area (Å²) in [6.07, 6.45) is 0. The van der Waals surface area contributed by atoms with Gasteiger partial charge in [0.2, 0.25) is 0 Å². The first kappa shape index (κ1) is 7.76. The van der Waals surface area contributed by atoms with Crippen molar-refractivity contribution < 1.29 is 5.73 Å². The summed E-state index contributed by atoms with van der Waals surface area (Å²) >= 11 is 3.41. The highest BCUT2D eigenvalue weighted by Gasteiger charge is 1.96. The molecule has 0 aliphatic rings. The number of quaternary nitrogens is 1. The average molecular weight is 201 g/mol. The minimum absolute atomic E-state index is 0.874. The minimum atomic E-state index is 0.874. The first-order valence-corrected chi connectivity index (χ1v) is 4.07. The Hall–Kier alpha value is -0.340. The summed E-state index contributed by atoms with van der Waals surface area (Å²) in [6.45, 7) is 2.98. The quantitative estimate of drug-likeness (QED) is 0.713. The summed E-state index contributed by atoms with van der Waals surface area (Å²) in [4.78, 5) is 0. The van der Waals surface area contributed by atoms with Crippen molar-refractivity contribution in [2.24, 2.45) is 0 Å². The molecule has 1 aromatic carbocycles. The van der Waals surface area contributed by atoms with Gasteiger partial charge in [0, 0.05) is 10.0 Å². The van der Waals surface area contributed by atoms with E-state index < -0.39 is 0 Å². The molecule has 0 unspecified atom stereocenters. The number of halogens is 1. The van der Waals surface area contributed by atoms with Crippen molar-refractivity contribution >= 4 is 15.9 Å². The van der Waals surface area contributed by atoms with Gasteiger partial charge in [0.15, 0.2) is 0 Å². The number of hydrogen-bond donors (Lipinski definition) is 1.